The van der Waals surface area contributed by atoms with Crippen molar-refractivity contribution >= 4 is 17.6 Å². The number of hydrogen-bond donors (Lipinski definition) is 2. The molecule has 0 saturated heterocycles. The standard InChI is InChI=1S/C11H11FN2O5/c1-2-8(11(16)17)13-10(15)7-5-6(12)3-4-9(7)14(18)19/h3-5,8H,2H2,1H3,(H,13,15)(H,16,17). The molecule has 0 aliphatic heterocycles. The maximum Gasteiger partial charge on any atom is 0.326 e. The minimum atomic E-state index is -1.27. The molecule has 1 amide bonds. The monoisotopic (exact) mass is 270 g/mol. The highest BCUT2D eigenvalue weighted by molar-refractivity contribution is 5.99. The Bertz CT molecular complexity index is 532. The molecule has 0 saturated carbocycles. The normalized spacial score (nSPS) is 11.7. The summed E-state index contributed by atoms with van der Waals surface area (Å²) in [5, 5.41) is 21.6. The number of carbonyl (C=O) groups excluding carboxylic acids is 1. The largest absolute Gasteiger partial charge is 0.480 e. The number of nitro benzene ring substituents is 1. The molecule has 0 aliphatic rings. The van der Waals surface area contributed by atoms with Crippen molar-refractivity contribution in [2.45, 2.75) is 19.4 Å². The van der Waals surface area contributed by atoms with Crippen molar-refractivity contribution < 1.29 is 24.0 Å². The maximum absolute atomic E-state index is 13.0. The molecule has 1 unspecified atom stereocenters. The zero-order chi connectivity index (χ0) is 14.6. The Balaban J connectivity index is 3.08. The molecule has 0 aliphatic carbocycles. The van der Waals surface area contributed by atoms with Crippen LogP contribution in [0.15, 0.2) is 18.2 Å². The van der Waals surface area contributed by atoms with Crippen molar-refractivity contribution in [3.05, 3.63) is 39.7 Å². The molecule has 0 aromatic heterocycles. The van der Waals surface area contributed by atoms with E-state index in [1.807, 2.05) is 0 Å². The SMILES string of the molecule is CCC(NC(=O)c1cc(F)ccc1[N+](=O)[O-])C(=O)O. The van der Waals surface area contributed by atoms with Gasteiger partial charge in [0, 0.05) is 6.07 Å². The van der Waals surface area contributed by atoms with Gasteiger partial charge in [0.25, 0.3) is 11.6 Å². The number of nitrogens with zero attached hydrogens (tertiary/aromatic N) is 1. The summed E-state index contributed by atoms with van der Waals surface area (Å²) in [6.45, 7) is 1.53. The summed E-state index contributed by atoms with van der Waals surface area (Å²) in [4.78, 5) is 32.4. The highest BCUT2D eigenvalue weighted by Gasteiger charge is 2.24. The minimum Gasteiger partial charge on any atom is -0.480 e. The van der Waals surface area contributed by atoms with Crippen molar-refractivity contribution in [1.29, 1.82) is 0 Å². The molecule has 0 heterocycles. The quantitative estimate of drug-likeness (QED) is 0.619. The first kappa shape index (κ1) is 14.6. The molecule has 102 valence electrons. The van der Waals surface area contributed by atoms with Crippen LogP contribution >= 0.6 is 0 Å². The predicted octanol–water partition coefficient (Wildman–Crippen LogP) is 1.33. The number of halogens is 1. The lowest BCUT2D eigenvalue weighted by atomic mass is 10.1. The minimum absolute atomic E-state index is 0.101. The van der Waals surface area contributed by atoms with Gasteiger partial charge < -0.3 is 10.4 Å². The zero-order valence-corrected chi connectivity index (χ0v) is 9.92. The summed E-state index contributed by atoms with van der Waals surface area (Å²) >= 11 is 0. The van der Waals surface area contributed by atoms with E-state index in [4.69, 9.17) is 5.11 Å². The first-order chi connectivity index (χ1) is 8.86. The van der Waals surface area contributed by atoms with E-state index in [-0.39, 0.29) is 6.42 Å². The number of amides is 1. The molecule has 1 atom stereocenters. The topological polar surface area (TPSA) is 110 Å². The Labute approximate surface area is 107 Å². The van der Waals surface area contributed by atoms with Crippen molar-refractivity contribution in [1.82, 2.24) is 5.32 Å². The van der Waals surface area contributed by atoms with Crippen LogP contribution in [0.3, 0.4) is 0 Å². The first-order valence-corrected chi connectivity index (χ1v) is 5.34. The van der Waals surface area contributed by atoms with E-state index in [9.17, 15) is 24.1 Å². The molecule has 0 bridgehead atoms. The van der Waals surface area contributed by atoms with Crippen LogP contribution in [-0.4, -0.2) is 27.9 Å². The molecule has 0 fully saturated rings. The van der Waals surface area contributed by atoms with Crippen molar-refractivity contribution in [3.8, 4) is 0 Å². The van der Waals surface area contributed by atoms with E-state index in [0.717, 1.165) is 12.1 Å². The van der Waals surface area contributed by atoms with Crippen LogP contribution in [-0.2, 0) is 4.79 Å². The number of nitrogens with one attached hydrogen (secondary N) is 1. The summed E-state index contributed by atoms with van der Waals surface area (Å²) in [5.41, 5.74) is -1.09. The van der Waals surface area contributed by atoms with Gasteiger partial charge in [-0.1, -0.05) is 6.92 Å². The van der Waals surface area contributed by atoms with E-state index in [0.29, 0.717) is 6.07 Å². The second-order valence-corrected chi connectivity index (χ2v) is 3.69. The van der Waals surface area contributed by atoms with E-state index < -0.39 is 39.9 Å². The lowest BCUT2D eigenvalue weighted by Gasteiger charge is -2.12. The summed E-state index contributed by atoms with van der Waals surface area (Å²) in [5.74, 6) is -3.09. The van der Waals surface area contributed by atoms with Gasteiger partial charge in [0.15, 0.2) is 0 Å². The van der Waals surface area contributed by atoms with Crippen LogP contribution in [0.2, 0.25) is 0 Å². The van der Waals surface area contributed by atoms with Crippen LogP contribution in [0.25, 0.3) is 0 Å². The zero-order valence-electron chi connectivity index (χ0n) is 9.92. The van der Waals surface area contributed by atoms with Crippen molar-refractivity contribution in [2.75, 3.05) is 0 Å². The third-order valence-electron chi connectivity index (χ3n) is 2.41. The third-order valence-corrected chi connectivity index (χ3v) is 2.41. The molecule has 1 aromatic rings. The smallest absolute Gasteiger partial charge is 0.326 e. The Hall–Kier alpha value is -2.51. The van der Waals surface area contributed by atoms with Crippen LogP contribution in [0, 0.1) is 15.9 Å². The first-order valence-electron chi connectivity index (χ1n) is 5.34. The summed E-state index contributed by atoms with van der Waals surface area (Å²) in [6, 6.07) is 1.22. The molecule has 19 heavy (non-hydrogen) atoms. The number of benzene rings is 1. The molecular weight excluding hydrogens is 259 g/mol. The van der Waals surface area contributed by atoms with Gasteiger partial charge in [-0.3, -0.25) is 14.9 Å². The highest BCUT2D eigenvalue weighted by atomic mass is 19.1. The fourth-order valence-corrected chi connectivity index (χ4v) is 1.42. The van der Waals surface area contributed by atoms with Crippen LogP contribution in [0.1, 0.15) is 23.7 Å². The van der Waals surface area contributed by atoms with E-state index in [1.165, 1.54) is 6.92 Å². The lowest BCUT2D eigenvalue weighted by molar-refractivity contribution is -0.385. The van der Waals surface area contributed by atoms with E-state index in [2.05, 4.69) is 5.32 Å². The maximum atomic E-state index is 13.0. The number of aliphatic carboxylic acids is 1. The van der Waals surface area contributed by atoms with Crippen LogP contribution < -0.4 is 5.32 Å². The molecule has 1 aromatic carbocycles. The Kier molecular flexibility index (Phi) is 4.51. The fraction of sp³-hybridized carbons (Fsp3) is 0.273. The van der Waals surface area contributed by atoms with Gasteiger partial charge in [0.2, 0.25) is 0 Å². The molecule has 2 N–H and O–H groups in total. The van der Waals surface area contributed by atoms with Gasteiger partial charge in [-0.05, 0) is 18.6 Å². The summed E-state index contributed by atoms with van der Waals surface area (Å²) in [6.07, 6.45) is 0.101. The van der Waals surface area contributed by atoms with Gasteiger partial charge >= 0.3 is 5.97 Å². The lowest BCUT2D eigenvalue weighted by Crippen LogP contribution is -2.40. The number of rotatable bonds is 5. The fourth-order valence-electron chi connectivity index (χ4n) is 1.42. The molecule has 1 rings (SSSR count). The van der Waals surface area contributed by atoms with Crippen molar-refractivity contribution in [2.24, 2.45) is 0 Å². The van der Waals surface area contributed by atoms with E-state index >= 15 is 0 Å². The van der Waals surface area contributed by atoms with Gasteiger partial charge in [-0.15, -0.1) is 0 Å². The van der Waals surface area contributed by atoms with Gasteiger partial charge in [-0.25, -0.2) is 9.18 Å². The molecular formula is C11H11FN2O5. The second kappa shape index (κ2) is 5.89. The van der Waals surface area contributed by atoms with Crippen LogP contribution in [0.5, 0.6) is 0 Å². The second-order valence-electron chi connectivity index (χ2n) is 3.69. The molecule has 0 spiro atoms. The highest BCUT2D eigenvalue weighted by Crippen LogP contribution is 2.19. The number of carbonyl (C=O) groups is 2. The summed E-state index contributed by atoms with van der Waals surface area (Å²) in [7, 11) is 0. The Morgan fingerprint density at radius 3 is 2.63 bits per heavy atom. The molecule has 0 radical (unpaired) electrons. The van der Waals surface area contributed by atoms with Gasteiger partial charge in [0.1, 0.15) is 17.4 Å². The third kappa shape index (κ3) is 3.47. The van der Waals surface area contributed by atoms with E-state index in [1.54, 1.807) is 0 Å². The molecule has 8 heteroatoms. The Morgan fingerprint density at radius 2 is 2.16 bits per heavy atom. The van der Waals surface area contributed by atoms with Crippen LogP contribution in [0.4, 0.5) is 10.1 Å². The summed E-state index contributed by atoms with van der Waals surface area (Å²) < 4.78 is 13.0. The number of carboxylic acid groups (broad SMARTS) is 1. The van der Waals surface area contributed by atoms with Gasteiger partial charge in [-0.2, -0.15) is 0 Å². The number of hydrogen-bond acceptors (Lipinski definition) is 4. The molecule has 7 nitrogen and oxygen atoms in total. The number of nitro groups is 1. The Morgan fingerprint density at radius 1 is 1.53 bits per heavy atom. The predicted molar refractivity (Wildman–Crippen MR) is 62.2 cm³/mol. The number of carboxylic acids is 1. The van der Waals surface area contributed by atoms with Crippen molar-refractivity contribution in [3.63, 3.8) is 0 Å². The average molecular weight is 270 g/mol. The van der Waals surface area contributed by atoms with Gasteiger partial charge in [0.05, 0.1) is 4.92 Å². The average Bonchev–Trinajstić information content (AvgIpc) is 2.34.